The lowest BCUT2D eigenvalue weighted by atomic mass is 9.92. The van der Waals surface area contributed by atoms with E-state index in [1.165, 1.54) is 53.0 Å². The molecule has 2 aromatic carbocycles. The van der Waals surface area contributed by atoms with Gasteiger partial charge in [0.1, 0.15) is 6.54 Å². The molecule has 3 heterocycles. The molecule has 322 valence electrons. The molecule has 3 atom stereocenters. The first-order valence-corrected chi connectivity index (χ1v) is 20.8. The van der Waals surface area contributed by atoms with Crippen molar-refractivity contribution < 1.29 is 32.7 Å². The Morgan fingerprint density at radius 2 is 1.67 bits per heavy atom. The summed E-state index contributed by atoms with van der Waals surface area (Å²) in [4.78, 5) is 62.6. The summed E-state index contributed by atoms with van der Waals surface area (Å²) >= 11 is 6.56. The number of ether oxygens (including phenoxy) is 1. The summed E-state index contributed by atoms with van der Waals surface area (Å²) in [5.41, 5.74) is 1.33. The van der Waals surface area contributed by atoms with Gasteiger partial charge in [-0.25, -0.2) is 13.8 Å². The highest BCUT2D eigenvalue weighted by Crippen LogP contribution is 2.33. The van der Waals surface area contributed by atoms with Gasteiger partial charge in [-0.05, 0) is 77.5 Å². The van der Waals surface area contributed by atoms with Crippen molar-refractivity contribution in [3.05, 3.63) is 76.5 Å². The molecule has 2 aliphatic rings. The van der Waals surface area contributed by atoms with E-state index in [-0.39, 0.29) is 75.6 Å². The predicted octanol–water partition coefficient (Wildman–Crippen LogP) is 5.78. The van der Waals surface area contributed by atoms with E-state index in [2.05, 4.69) is 25.6 Å². The van der Waals surface area contributed by atoms with Crippen molar-refractivity contribution in [1.29, 1.82) is 0 Å². The monoisotopic (exact) mass is 849 g/mol. The molecule has 14 nitrogen and oxygen atoms in total. The van der Waals surface area contributed by atoms with E-state index in [9.17, 15) is 19.2 Å². The number of rotatable bonds is 14. The number of hydrogen-bond acceptors (Lipinski definition) is 8. The van der Waals surface area contributed by atoms with Crippen LogP contribution in [0.2, 0.25) is 5.02 Å². The Balaban J connectivity index is 1.08. The molecule has 4 aromatic rings. The van der Waals surface area contributed by atoms with Crippen LogP contribution in [0.25, 0.3) is 22.4 Å². The van der Waals surface area contributed by atoms with E-state index in [1.807, 2.05) is 25.9 Å². The second-order valence-electron chi connectivity index (χ2n) is 15.8. The topological polar surface area (TPSA) is 147 Å². The summed E-state index contributed by atoms with van der Waals surface area (Å²) in [5.74, 6) is -3.44. The minimum Gasteiger partial charge on any atom is -0.379 e. The minimum absolute atomic E-state index is 0.0280. The molecule has 2 aromatic heterocycles. The molecule has 60 heavy (non-hydrogen) atoms. The highest BCUT2D eigenvalue weighted by atomic mass is 35.5. The van der Waals surface area contributed by atoms with E-state index in [4.69, 9.17) is 16.3 Å². The summed E-state index contributed by atoms with van der Waals surface area (Å²) < 4.78 is 39.9. The Morgan fingerprint density at radius 1 is 0.983 bits per heavy atom. The zero-order chi connectivity index (χ0) is 43.2. The van der Waals surface area contributed by atoms with Gasteiger partial charge < -0.3 is 34.6 Å². The first-order valence-electron chi connectivity index (χ1n) is 20.4. The molecule has 1 unspecified atom stereocenters. The molecular weight excluding hydrogens is 796 g/mol. The van der Waals surface area contributed by atoms with Crippen molar-refractivity contribution in [1.82, 2.24) is 39.3 Å². The van der Waals surface area contributed by atoms with E-state index >= 15 is 8.78 Å². The molecule has 1 saturated carbocycles. The van der Waals surface area contributed by atoms with Gasteiger partial charge in [0.05, 0.1) is 40.3 Å². The van der Waals surface area contributed by atoms with Gasteiger partial charge in [0.15, 0.2) is 17.5 Å². The summed E-state index contributed by atoms with van der Waals surface area (Å²) in [5, 5.41) is 10.3. The predicted molar refractivity (Wildman–Crippen MR) is 225 cm³/mol. The molecule has 0 spiro atoms. The molecule has 2 N–H and O–H groups in total. The zero-order valence-electron chi connectivity index (χ0n) is 35.1. The number of nitrogens with zero attached hydrogens (tertiary/aromatic N) is 7. The van der Waals surface area contributed by atoms with Gasteiger partial charge in [0, 0.05) is 74.8 Å². The first-order chi connectivity index (χ1) is 28.7. The minimum atomic E-state index is -1.14. The number of aryl methyl sites for hydroxylation is 1. The number of benzene rings is 2. The maximum atomic E-state index is 15.8. The van der Waals surface area contributed by atoms with Gasteiger partial charge in [-0.1, -0.05) is 37.4 Å². The van der Waals surface area contributed by atoms with Crippen LogP contribution in [0.15, 0.2) is 42.7 Å². The largest absolute Gasteiger partial charge is 0.379 e. The van der Waals surface area contributed by atoms with Crippen LogP contribution >= 0.6 is 11.6 Å². The SMILES string of the molecule is CCC(CCN(C)C)C(=O)N1CCN(C(=O)c2ccc(NC(=O)c3ncc(-c4ccc(-c5cn(CC(=O)N[C@H]6CCCC[C@@H]6OC)nc5C)c(F)c4F)n3C)cc2Cl)CC1. The van der Waals surface area contributed by atoms with Crippen LogP contribution in [0.5, 0.6) is 0 Å². The van der Waals surface area contributed by atoms with Crippen LogP contribution in [-0.4, -0.2) is 124 Å². The number of piperazine rings is 1. The fourth-order valence-electron chi connectivity index (χ4n) is 8.06. The second kappa shape index (κ2) is 19.5. The number of anilines is 1. The molecule has 0 bridgehead atoms. The Kier molecular flexibility index (Phi) is 14.4. The van der Waals surface area contributed by atoms with Crippen molar-refractivity contribution in [2.45, 2.75) is 71.1 Å². The molecule has 1 aliphatic heterocycles. The Hall–Kier alpha value is -5.19. The van der Waals surface area contributed by atoms with Gasteiger partial charge >= 0.3 is 0 Å². The summed E-state index contributed by atoms with van der Waals surface area (Å²) in [7, 11) is 7.12. The summed E-state index contributed by atoms with van der Waals surface area (Å²) in [6.07, 6.45) is 8.03. The zero-order valence-corrected chi connectivity index (χ0v) is 35.8. The second-order valence-corrected chi connectivity index (χ2v) is 16.2. The van der Waals surface area contributed by atoms with Gasteiger partial charge in [-0.15, -0.1) is 0 Å². The Labute approximate surface area is 354 Å². The lowest BCUT2D eigenvalue weighted by Gasteiger charge is -2.36. The number of amides is 4. The number of hydrogen-bond donors (Lipinski definition) is 2. The average Bonchev–Trinajstić information content (AvgIpc) is 3.79. The smallest absolute Gasteiger partial charge is 0.291 e. The van der Waals surface area contributed by atoms with Crippen LogP contribution in [0.4, 0.5) is 14.5 Å². The molecule has 17 heteroatoms. The molecule has 2 fully saturated rings. The highest BCUT2D eigenvalue weighted by molar-refractivity contribution is 6.34. The van der Waals surface area contributed by atoms with Crippen molar-refractivity contribution in [2.75, 3.05) is 59.2 Å². The maximum absolute atomic E-state index is 15.8. The fourth-order valence-corrected chi connectivity index (χ4v) is 8.32. The van der Waals surface area contributed by atoms with Gasteiger partial charge in [0.2, 0.25) is 11.8 Å². The Bertz CT molecular complexity index is 2220. The van der Waals surface area contributed by atoms with Gasteiger partial charge in [-0.3, -0.25) is 23.9 Å². The van der Waals surface area contributed by atoms with Gasteiger partial charge in [-0.2, -0.15) is 5.10 Å². The number of halogens is 3. The van der Waals surface area contributed by atoms with Gasteiger partial charge in [0.25, 0.3) is 11.8 Å². The van der Waals surface area contributed by atoms with E-state index < -0.39 is 17.5 Å². The number of nitrogens with one attached hydrogen (secondary N) is 2. The van der Waals surface area contributed by atoms with Crippen LogP contribution in [0, 0.1) is 24.5 Å². The Morgan fingerprint density at radius 3 is 2.35 bits per heavy atom. The number of carbonyl (C=O) groups is 4. The third-order valence-corrected chi connectivity index (χ3v) is 11.9. The van der Waals surface area contributed by atoms with Crippen molar-refractivity contribution in [3.8, 4) is 22.4 Å². The molecule has 4 amide bonds. The summed E-state index contributed by atoms with van der Waals surface area (Å²) in [6.45, 7) is 6.03. The molecule has 6 rings (SSSR count). The molecular formula is C43H54ClF2N9O5. The third-order valence-electron chi connectivity index (χ3n) is 11.5. The normalized spacial score (nSPS) is 17.5. The molecule has 1 aliphatic carbocycles. The van der Waals surface area contributed by atoms with Crippen LogP contribution < -0.4 is 10.6 Å². The van der Waals surface area contributed by atoms with Crippen molar-refractivity contribution in [3.63, 3.8) is 0 Å². The van der Waals surface area contributed by atoms with Crippen molar-refractivity contribution in [2.24, 2.45) is 13.0 Å². The standard InChI is InChI=1S/C43H54ClF2N9O5/c1-7-27(16-17-51(3)4)42(58)53-18-20-54(21-19-53)43(59)30-13-12-28(22-33(30)44)48-41(57)40-47-23-35(52(40)5)31-15-14-29(38(45)39(31)46)32-24-55(50-26(32)2)25-37(56)49-34-10-8-9-11-36(34)60-6/h12-15,22-24,27,34,36H,7-11,16-21,25H2,1-6H3,(H,48,57)(H,49,56)/t27?,34-,36-/m0/s1. The lowest BCUT2D eigenvalue weighted by molar-refractivity contribution is -0.137. The number of aromatic nitrogens is 4. The summed E-state index contributed by atoms with van der Waals surface area (Å²) in [6, 6.07) is 7.29. The number of imidazole rings is 1. The molecule has 0 radical (unpaired) electrons. The fraction of sp³-hybridized carbons (Fsp3) is 0.488. The number of carbonyl (C=O) groups excluding carboxylic acids is 4. The first kappa shape index (κ1) is 44.4. The van der Waals surface area contributed by atoms with Crippen LogP contribution in [0.1, 0.15) is 72.1 Å². The maximum Gasteiger partial charge on any atom is 0.291 e. The lowest BCUT2D eigenvalue weighted by Crippen LogP contribution is -2.52. The quantitative estimate of drug-likeness (QED) is 0.163. The van der Waals surface area contributed by atoms with E-state index in [0.717, 1.165) is 45.1 Å². The van der Waals surface area contributed by atoms with Crippen LogP contribution in [-0.2, 0) is 27.9 Å². The van der Waals surface area contributed by atoms with E-state index in [1.54, 1.807) is 25.0 Å². The average molecular weight is 850 g/mol. The van der Waals surface area contributed by atoms with Crippen LogP contribution in [0.3, 0.4) is 0 Å². The third kappa shape index (κ3) is 9.88. The van der Waals surface area contributed by atoms with Crippen molar-refractivity contribution >= 4 is 40.9 Å². The molecule has 1 saturated heterocycles. The number of methoxy groups -OCH3 is 1. The highest BCUT2D eigenvalue weighted by Gasteiger charge is 2.30. The van der Waals surface area contributed by atoms with E-state index in [0.29, 0.717) is 43.1 Å².